The Morgan fingerprint density at radius 2 is 1.50 bits per heavy atom. The molecule has 0 radical (unpaired) electrons. The van der Waals surface area contributed by atoms with Gasteiger partial charge in [-0.25, -0.2) is 0 Å². The van der Waals surface area contributed by atoms with E-state index in [1.807, 2.05) is 0 Å². The molecule has 36 heavy (non-hydrogen) atoms. The highest BCUT2D eigenvalue weighted by Gasteiger charge is 2.84. The van der Waals surface area contributed by atoms with Gasteiger partial charge in [-0.1, -0.05) is 18.2 Å². The Labute approximate surface area is 207 Å². The standard InChI is InChI=1S/C26H20F6N2OS/c1-22-15(9-10-18-17(22)12-33-34(18)3)20-21(25(29,30)26(31,32)24(20,27)28)16-11-19(36-23(16,22)2)13-5-7-14(35-4)8-6-13/h5-12H,1-4H3. The second kappa shape index (κ2) is 6.70. The number of nitrogens with zero attached hydrogens (tertiary/aromatic N) is 2. The number of allylic oxidation sites excluding steroid dienone is 5. The van der Waals surface area contributed by atoms with Gasteiger partial charge in [0.2, 0.25) is 0 Å². The molecule has 2 heterocycles. The number of benzene rings is 1. The fraction of sp³-hybridized carbons (Fsp3) is 0.346. The van der Waals surface area contributed by atoms with E-state index in [-0.39, 0.29) is 11.1 Å². The number of aryl methyl sites for hydroxylation is 1. The fourth-order valence-electron chi connectivity index (χ4n) is 5.94. The quantitative estimate of drug-likeness (QED) is 0.407. The number of ether oxygens (including phenoxy) is 1. The molecule has 4 aliphatic rings. The highest BCUT2D eigenvalue weighted by Crippen LogP contribution is 2.73. The molecule has 0 N–H and O–H groups in total. The largest absolute Gasteiger partial charge is 0.497 e. The normalized spacial score (nSPS) is 30.6. The highest BCUT2D eigenvalue weighted by atomic mass is 32.2. The summed E-state index contributed by atoms with van der Waals surface area (Å²) in [5.41, 5.74) is -2.62. The van der Waals surface area contributed by atoms with Gasteiger partial charge in [-0.3, -0.25) is 4.68 Å². The van der Waals surface area contributed by atoms with Crippen LogP contribution >= 0.6 is 11.8 Å². The van der Waals surface area contributed by atoms with Gasteiger partial charge in [0.1, 0.15) is 5.75 Å². The predicted octanol–water partition coefficient (Wildman–Crippen LogP) is 6.79. The molecule has 0 amide bonds. The number of hydrogen-bond acceptors (Lipinski definition) is 3. The first kappa shape index (κ1) is 23.5. The Morgan fingerprint density at radius 3 is 2.11 bits per heavy atom. The van der Waals surface area contributed by atoms with Gasteiger partial charge in [-0.2, -0.15) is 31.4 Å². The summed E-state index contributed by atoms with van der Waals surface area (Å²) < 4.78 is 96.5. The molecule has 1 aliphatic heterocycles. The van der Waals surface area contributed by atoms with Gasteiger partial charge in [0.25, 0.3) is 0 Å². The number of aromatic nitrogens is 2. The fourth-order valence-corrected chi connectivity index (χ4v) is 7.50. The van der Waals surface area contributed by atoms with Crippen LogP contribution in [0.15, 0.2) is 64.9 Å². The van der Waals surface area contributed by atoms with Crippen LogP contribution in [0, 0.1) is 0 Å². The molecule has 3 nitrogen and oxygen atoms in total. The molecule has 1 aromatic heterocycles. The van der Waals surface area contributed by atoms with Gasteiger partial charge in [0.15, 0.2) is 0 Å². The predicted molar refractivity (Wildman–Crippen MR) is 125 cm³/mol. The van der Waals surface area contributed by atoms with E-state index in [9.17, 15) is 8.78 Å². The van der Waals surface area contributed by atoms with Crippen LogP contribution in [-0.2, 0) is 12.5 Å². The van der Waals surface area contributed by atoms with Crippen molar-refractivity contribution in [3.05, 3.63) is 81.7 Å². The molecule has 0 bridgehead atoms. The van der Waals surface area contributed by atoms with Crippen molar-refractivity contribution in [3.63, 3.8) is 0 Å². The maximum absolute atomic E-state index is 15.4. The Balaban J connectivity index is 1.71. The lowest BCUT2D eigenvalue weighted by molar-refractivity contribution is -0.258. The summed E-state index contributed by atoms with van der Waals surface area (Å²) in [6.45, 7) is 3.31. The van der Waals surface area contributed by atoms with Crippen molar-refractivity contribution in [2.75, 3.05) is 7.11 Å². The first-order valence-electron chi connectivity index (χ1n) is 11.1. The Morgan fingerprint density at radius 1 is 0.889 bits per heavy atom. The van der Waals surface area contributed by atoms with Crippen LogP contribution in [0.2, 0.25) is 0 Å². The zero-order chi connectivity index (χ0) is 26.1. The molecular formula is C26H20F6N2OS. The molecule has 10 heteroatoms. The minimum atomic E-state index is -5.58. The monoisotopic (exact) mass is 522 g/mol. The summed E-state index contributed by atoms with van der Waals surface area (Å²) in [7, 11) is 3.17. The number of thioether (sulfide) groups is 1. The first-order valence-corrected chi connectivity index (χ1v) is 11.9. The van der Waals surface area contributed by atoms with Crippen LogP contribution in [0.5, 0.6) is 5.75 Å². The highest BCUT2D eigenvalue weighted by molar-refractivity contribution is 8.10. The molecule has 1 saturated carbocycles. The summed E-state index contributed by atoms with van der Waals surface area (Å²) in [5, 5.41) is 4.26. The van der Waals surface area contributed by atoms with Gasteiger partial charge in [0, 0.05) is 34.1 Å². The van der Waals surface area contributed by atoms with E-state index in [2.05, 4.69) is 5.10 Å². The summed E-state index contributed by atoms with van der Waals surface area (Å²) >= 11 is 1.21. The molecule has 2 aromatic rings. The molecule has 1 fully saturated rings. The Hall–Kier alpha value is -2.88. The minimum absolute atomic E-state index is 0.216. The Kier molecular flexibility index (Phi) is 4.38. The van der Waals surface area contributed by atoms with E-state index in [1.54, 1.807) is 49.8 Å². The number of fused-ring (bicyclic) bond motifs is 6. The van der Waals surface area contributed by atoms with Crippen molar-refractivity contribution in [1.29, 1.82) is 0 Å². The molecule has 1 aromatic carbocycles. The minimum Gasteiger partial charge on any atom is -0.497 e. The van der Waals surface area contributed by atoms with Crippen molar-refractivity contribution in [3.8, 4) is 5.75 Å². The molecule has 188 valence electrons. The smallest absolute Gasteiger partial charge is 0.380 e. The van der Waals surface area contributed by atoms with Crippen molar-refractivity contribution in [1.82, 2.24) is 9.78 Å². The lowest BCUT2D eigenvalue weighted by Crippen LogP contribution is -2.51. The molecule has 0 saturated heterocycles. The average molecular weight is 523 g/mol. The third-order valence-corrected chi connectivity index (χ3v) is 9.72. The van der Waals surface area contributed by atoms with Gasteiger partial charge in [-0.05, 0) is 54.8 Å². The van der Waals surface area contributed by atoms with Crippen molar-refractivity contribution in [2.45, 2.75) is 41.8 Å². The lowest BCUT2D eigenvalue weighted by atomic mass is 9.57. The van der Waals surface area contributed by atoms with E-state index in [4.69, 9.17) is 4.74 Å². The summed E-state index contributed by atoms with van der Waals surface area (Å²) in [6.07, 6.45) is 5.62. The Bertz CT molecular complexity index is 1470. The second-order valence-corrected chi connectivity index (χ2v) is 11.2. The average Bonchev–Trinajstić information content (AvgIpc) is 3.41. The number of halogens is 6. The van der Waals surface area contributed by atoms with Crippen molar-refractivity contribution < 1.29 is 31.1 Å². The molecule has 3 aliphatic carbocycles. The van der Waals surface area contributed by atoms with Gasteiger partial charge >= 0.3 is 17.8 Å². The van der Waals surface area contributed by atoms with E-state index in [1.165, 1.54) is 43.3 Å². The van der Waals surface area contributed by atoms with E-state index >= 15 is 17.6 Å². The number of rotatable bonds is 2. The number of hydrogen-bond donors (Lipinski definition) is 0. The van der Waals surface area contributed by atoms with Gasteiger partial charge in [-0.15, -0.1) is 11.8 Å². The van der Waals surface area contributed by atoms with Crippen LogP contribution < -0.4 is 4.74 Å². The maximum Gasteiger partial charge on any atom is 0.380 e. The van der Waals surface area contributed by atoms with Crippen LogP contribution in [0.25, 0.3) is 11.0 Å². The summed E-state index contributed by atoms with van der Waals surface area (Å²) in [4.78, 5) is 0.513. The third kappa shape index (κ3) is 2.37. The SMILES string of the molecule is COc1ccc(C2=CC3=C4C(=C5C=Cc6c(cnn6C)C5(C)C3(C)S2)C(F)(F)C(F)(F)C4(F)F)cc1. The molecular weight excluding hydrogens is 502 g/mol. The molecule has 2 atom stereocenters. The first-order chi connectivity index (χ1) is 16.7. The summed E-state index contributed by atoms with van der Waals surface area (Å²) in [6, 6.07) is 6.80. The van der Waals surface area contributed by atoms with Crippen molar-refractivity contribution >= 4 is 22.7 Å². The third-order valence-electron chi connectivity index (χ3n) is 8.11. The zero-order valence-electron chi connectivity index (χ0n) is 19.6. The van der Waals surface area contributed by atoms with Crippen LogP contribution in [-0.4, -0.2) is 39.4 Å². The molecule has 2 unspecified atom stereocenters. The van der Waals surface area contributed by atoms with Crippen LogP contribution in [0.3, 0.4) is 0 Å². The van der Waals surface area contributed by atoms with E-state index < -0.39 is 39.1 Å². The molecule has 6 rings (SSSR count). The van der Waals surface area contributed by atoms with Gasteiger partial charge < -0.3 is 4.74 Å². The second-order valence-electron chi connectivity index (χ2n) is 9.70. The summed E-state index contributed by atoms with van der Waals surface area (Å²) in [5.74, 6) is -15.1. The van der Waals surface area contributed by atoms with Crippen molar-refractivity contribution in [2.24, 2.45) is 7.05 Å². The molecule has 0 spiro atoms. The maximum atomic E-state index is 15.4. The van der Waals surface area contributed by atoms with Crippen LogP contribution in [0.4, 0.5) is 26.3 Å². The lowest BCUT2D eigenvalue weighted by Gasteiger charge is -2.51. The van der Waals surface area contributed by atoms with E-state index in [0.29, 0.717) is 27.5 Å². The topological polar surface area (TPSA) is 27.1 Å². The zero-order valence-corrected chi connectivity index (χ0v) is 20.4. The number of alkyl halides is 6. The van der Waals surface area contributed by atoms with Gasteiger partial charge in [0.05, 0.1) is 23.7 Å². The van der Waals surface area contributed by atoms with Crippen LogP contribution in [0.1, 0.15) is 30.7 Å². The number of methoxy groups -OCH3 is 1. The van der Waals surface area contributed by atoms with E-state index in [0.717, 1.165) is 0 Å².